The number of nitriles is 1. The van der Waals surface area contributed by atoms with Crippen molar-refractivity contribution >= 4 is 38.7 Å². The van der Waals surface area contributed by atoms with Gasteiger partial charge in [-0.25, -0.2) is 0 Å². The second kappa shape index (κ2) is 6.97. The molecule has 0 saturated carbocycles. The molecule has 0 bridgehead atoms. The Balaban J connectivity index is 1.53. The molecule has 4 aromatic rings. The third kappa shape index (κ3) is 2.75. The van der Waals surface area contributed by atoms with E-state index < -0.39 is 0 Å². The lowest BCUT2D eigenvalue weighted by atomic mass is 10.1. The van der Waals surface area contributed by atoms with Gasteiger partial charge in [-0.3, -0.25) is 14.5 Å². The van der Waals surface area contributed by atoms with Gasteiger partial charge in [0.1, 0.15) is 5.58 Å². The molecule has 0 N–H and O–H groups in total. The smallest absolute Gasteiger partial charge is 0.261 e. The molecule has 0 unspecified atom stereocenters. The highest BCUT2D eigenvalue weighted by molar-refractivity contribution is 9.10. The van der Waals surface area contributed by atoms with Crippen molar-refractivity contribution in [2.45, 2.75) is 6.54 Å². The summed E-state index contributed by atoms with van der Waals surface area (Å²) in [6.45, 7) is 0.171. The number of rotatable bonds is 3. The summed E-state index contributed by atoms with van der Waals surface area (Å²) in [4.78, 5) is 26.6. The molecule has 30 heavy (non-hydrogen) atoms. The first-order chi connectivity index (χ1) is 14.6. The number of hydrogen-bond acceptors (Lipinski definition) is 4. The third-order valence-electron chi connectivity index (χ3n) is 5.20. The van der Waals surface area contributed by atoms with Crippen molar-refractivity contribution in [2.75, 3.05) is 0 Å². The Morgan fingerprint density at radius 3 is 2.20 bits per heavy atom. The van der Waals surface area contributed by atoms with Gasteiger partial charge in [-0.05, 0) is 57.9 Å². The van der Waals surface area contributed by atoms with Crippen LogP contribution in [0.2, 0.25) is 0 Å². The summed E-state index contributed by atoms with van der Waals surface area (Å²) in [5.74, 6) is -0.00350. The summed E-state index contributed by atoms with van der Waals surface area (Å²) < 4.78 is 6.73. The van der Waals surface area contributed by atoms with Crippen LogP contribution in [-0.2, 0) is 6.54 Å². The van der Waals surface area contributed by atoms with Crippen LogP contribution in [0.25, 0.3) is 22.3 Å². The van der Waals surface area contributed by atoms with Crippen molar-refractivity contribution in [1.29, 1.82) is 5.26 Å². The molecule has 0 aliphatic carbocycles. The number of carbonyl (C=O) groups is 2. The van der Waals surface area contributed by atoms with Crippen LogP contribution in [0.4, 0.5) is 0 Å². The van der Waals surface area contributed by atoms with Crippen LogP contribution >= 0.6 is 15.9 Å². The Kier molecular flexibility index (Phi) is 4.27. The predicted molar refractivity (Wildman–Crippen MR) is 115 cm³/mol. The van der Waals surface area contributed by atoms with Crippen LogP contribution in [0, 0.1) is 11.3 Å². The Bertz CT molecular complexity index is 1360. The average Bonchev–Trinajstić information content (AvgIpc) is 3.23. The Morgan fingerprint density at radius 1 is 0.900 bits per heavy atom. The van der Waals surface area contributed by atoms with E-state index in [1.54, 1.807) is 36.4 Å². The van der Waals surface area contributed by atoms with E-state index in [-0.39, 0.29) is 18.4 Å². The molecule has 0 atom stereocenters. The van der Waals surface area contributed by atoms with E-state index in [0.717, 1.165) is 15.4 Å². The first-order valence-electron chi connectivity index (χ1n) is 9.24. The summed E-state index contributed by atoms with van der Waals surface area (Å²) in [5.41, 5.74) is 3.54. The molecular formula is C24H13BrN2O3. The quantitative estimate of drug-likeness (QED) is 0.379. The van der Waals surface area contributed by atoms with E-state index in [4.69, 9.17) is 4.42 Å². The van der Waals surface area contributed by atoms with Gasteiger partial charge in [0.15, 0.2) is 5.76 Å². The molecule has 2 amide bonds. The van der Waals surface area contributed by atoms with Crippen molar-refractivity contribution in [3.8, 4) is 17.4 Å². The van der Waals surface area contributed by atoms with Crippen LogP contribution in [-0.4, -0.2) is 16.7 Å². The van der Waals surface area contributed by atoms with Crippen molar-refractivity contribution in [1.82, 2.24) is 4.90 Å². The minimum Gasteiger partial charge on any atom is -0.455 e. The number of furan rings is 1. The van der Waals surface area contributed by atoms with Crippen LogP contribution in [0.15, 0.2) is 75.6 Å². The number of nitrogens with zero attached hydrogens (tertiary/aromatic N) is 2. The van der Waals surface area contributed by atoms with Crippen molar-refractivity contribution in [3.63, 3.8) is 0 Å². The molecule has 2 heterocycles. The van der Waals surface area contributed by atoms with Crippen LogP contribution in [0.5, 0.6) is 0 Å². The lowest BCUT2D eigenvalue weighted by molar-refractivity contribution is 0.0642. The van der Waals surface area contributed by atoms with E-state index in [0.29, 0.717) is 33.6 Å². The highest BCUT2D eigenvalue weighted by atomic mass is 79.9. The molecule has 6 heteroatoms. The molecule has 1 aliphatic rings. The first-order valence-corrected chi connectivity index (χ1v) is 10.0. The standard InChI is InChI=1S/C24H13BrN2O3/c25-21-19-11-14(13-27-23(28)17-7-3-4-8-18(17)24(27)29)9-10-20(19)30-22(21)16-6-2-1-5-15(16)12-26/h1-11H,13H2. The second-order valence-corrected chi connectivity index (χ2v) is 7.77. The maximum Gasteiger partial charge on any atom is 0.261 e. The average molecular weight is 457 g/mol. The van der Waals surface area contributed by atoms with Gasteiger partial charge >= 0.3 is 0 Å². The molecule has 1 aromatic heterocycles. The summed E-state index contributed by atoms with van der Waals surface area (Å²) >= 11 is 3.60. The Morgan fingerprint density at radius 2 is 1.53 bits per heavy atom. The van der Waals surface area contributed by atoms with Crippen LogP contribution in [0.1, 0.15) is 31.8 Å². The molecule has 5 rings (SSSR count). The predicted octanol–water partition coefficient (Wildman–Crippen LogP) is 5.53. The zero-order valence-corrected chi connectivity index (χ0v) is 17.1. The van der Waals surface area contributed by atoms with Crippen LogP contribution < -0.4 is 0 Å². The summed E-state index contributed by atoms with van der Waals surface area (Å²) in [5, 5.41) is 10.2. The van der Waals surface area contributed by atoms with Crippen molar-refractivity contribution in [3.05, 3.63) is 93.5 Å². The molecule has 1 aliphatic heterocycles. The molecule has 0 spiro atoms. The zero-order valence-electron chi connectivity index (χ0n) is 15.6. The number of amides is 2. The topological polar surface area (TPSA) is 74.3 Å². The SMILES string of the molecule is N#Cc1ccccc1-c1oc2ccc(CN3C(=O)c4ccccc4C3=O)cc2c1Br. The molecule has 3 aromatic carbocycles. The normalized spacial score (nSPS) is 13.0. The number of imide groups is 1. The molecule has 0 saturated heterocycles. The maximum atomic E-state index is 12.6. The lowest BCUT2D eigenvalue weighted by Gasteiger charge is -2.13. The van der Waals surface area contributed by atoms with Gasteiger partial charge in [0, 0.05) is 10.9 Å². The minimum atomic E-state index is -0.286. The highest BCUT2D eigenvalue weighted by Crippen LogP contribution is 2.39. The van der Waals surface area contributed by atoms with Gasteiger partial charge in [0.05, 0.1) is 33.8 Å². The van der Waals surface area contributed by atoms with Gasteiger partial charge in [-0.15, -0.1) is 0 Å². The minimum absolute atomic E-state index is 0.171. The third-order valence-corrected chi connectivity index (χ3v) is 5.99. The fourth-order valence-electron chi connectivity index (χ4n) is 3.73. The number of halogens is 1. The number of benzene rings is 3. The highest BCUT2D eigenvalue weighted by Gasteiger charge is 2.35. The Hall–Kier alpha value is -3.69. The number of carbonyl (C=O) groups excluding carboxylic acids is 2. The summed E-state index contributed by atoms with van der Waals surface area (Å²) in [6, 6.07) is 21.8. The van der Waals surface area contributed by atoms with E-state index in [9.17, 15) is 14.9 Å². The number of fused-ring (bicyclic) bond motifs is 2. The van der Waals surface area contributed by atoms with Crippen molar-refractivity contribution < 1.29 is 14.0 Å². The van der Waals surface area contributed by atoms with Gasteiger partial charge in [0.25, 0.3) is 11.8 Å². The van der Waals surface area contributed by atoms with Gasteiger partial charge < -0.3 is 4.42 Å². The van der Waals surface area contributed by atoms with Crippen molar-refractivity contribution in [2.24, 2.45) is 0 Å². The number of hydrogen-bond donors (Lipinski definition) is 0. The van der Waals surface area contributed by atoms with Gasteiger partial charge in [-0.1, -0.05) is 30.3 Å². The fraction of sp³-hybridized carbons (Fsp3) is 0.0417. The molecule has 144 valence electrons. The molecule has 0 radical (unpaired) electrons. The zero-order chi connectivity index (χ0) is 20.8. The van der Waals surface area contributed by atoms with E-state index in [1.807, 2.05) is 30.3 Å². The molecule has 0 fully saturated rings. The molecular weight excluding hydrogens is 444 g/mol. The Labute approximate surface area is 180 Å². The fourth-order valence-corrected chi connectivity index (χ4v) is 4.33. The van der Waals surface area contributed by atoms with Crippen LogP contribution in [0.3, 0.4) is 0 Å². The van der Waals surface area contributed by atoms with Gasteiger partial charge in [0.2, 0.25) is 0 Å². The second-order valence-electron chi connectivity index (χ2n) is 6.98. The maximum absolute atomic E-state index is 12.6. The summed E-state index contributed by atoms with van der Waals surface area (Å²) in [7, 11) is 0. The largest absolute Gasteiger partial charge is 0.455 e. The molecule has 5 nitrogen and oxygen atoms in total. The lowest BCUT2D eigenvalue weighted by Crippen LogP contribution is -2.29. The van der Waals surface area contributed by atoms with E-state index in [1.165, 1.54) is 4.90 Å². The first kappa shape index (κ1) is 18.3. The monoisotopic (exact) mass is 456 g/mol. The van der Waals surface area contributed by atoms with E-state index in [2.05, 4.69) is 22.0 Å². The van der Waals surface area contributed by atoms with E-state index >= 15 is 0 Å². The summed E-state index contributed by atoms with van der Waals surface area (Å²) in [6.07, 6.45) is 0. The van der Waals surface area contributed by atoms with Gasteiger partial charge in [-0.2, -0.15) is 5.26 Å².